The number of hydrogen-bond donors (Lipinski definition) is 0. The molecule has 0 aromatic heterocycles. The summed E-state index contributed by atoms with van der Waals surface area (Å²) >= 11 is 5.50. The third-order valence-corrected chi connectivity index (χ3v) is 5.71. The maximum Gasteiger partial charge on any atom is 0.494 e. The molecule has 0 unspecified atom stereocenters. The molecule has 1 aliphatic rings. The van der Waals surface area contributed by atoms with Gasteiger partial charge in [0.15, 0.2) is 0 Å². The van der Waals surface area contributed by atoms with Crippen molar-refractivity contribution in [1.29, 1.82) is 0 Å². The van der Waals surface area contributed by atoms with Crippen LogP contribution in [-0.4, -0.2) is 43.9 Å². The van der Waals surface area contributed by atoms with Gasteiger partial charge >= 0.3 is 19.5 Å². The zero-order chi connectivity index (χ0) is 28.9. The summed E-state index contributed by atoms with van der Waals surface area (Å²) in [4.78, 5) is 0. The molecule has 0 atom stereocenters. The first-order chi connectivity index (χ1) is 17.3. The number of halogens is 9. The van der Waals surface area contributed by atoms with Crippen LogP contribution in [0.5, 0.6) is 0 Å². The van der Waals surface area contributed by atoms with Gasteiger partial charge in [0.2, 0.25) is 0 Å². The molecule has 1 fully saturated rings. The fraction of sp³-hybridized carbons (Fsp3) is 0.500. The lowest BCUT2D eigenvalue weighted by atomic mass is 9.78. The number of alkyl halides is 6. The van der Waals surface area contributed by atoms with Crippen molar-refractivity contribution in [1.82, 2.24) is 0 Å². The minimum atomic E-state index is -4.41. The van der Waals surface area contributed by atoms with E-state index in [2.05, 4.69) is 9.47 Å². The Bertz CT molecular complexity index is 1040. The first kappa shape index (κ1) is 32.3. The van der Waals surface area contributed by atoms with Crippen molar-refractivity contribution in [2.24, 2.45) is 0 Å². The van der Waals surface area contributed by atoms with E-state index in [9.17, 15) is 35.1 Å². The number of ether oxygens (including phenoxy) is 2. The highest BCUT2D eigenvalue weighted by atomic mass is 35.5. The van der Waals surface area contributed by atoms with Gasteiger partial charge < -0.3 is 18.8 Å². The second-order valence-corrected chi connectivity index (χ2v) is 9.91. The van der Waals surface area contributed by atoms with Crippen molar-refractivity contribution in [2.75, 3.05) is 13.2 Å². The standard InChI is InChI=1S/C15H19BF4O3.C9H7ClF4O/c1-13(2)14(3,4)23-16(22-13)11-5-10(6-12(17)7-11)8-21-9-15(18,19)20;10-7-1-6(2-8(11)3-7)4-15-5-9(12,13)14/h5-7H,8-9H2,1-4H3;1-3H,4-5H2. The predicted octanol–water partition coefficient (Wildman–Crippen LogP) is 6.76. The van der Waals surface area contributed by atoms with Crippen LogP contribution in [-0.2, 0) is 32.0 Å². The van der Waals surface area contributed by atoms with E-state index in [-0.39, 0.29) is 23.8 Å². The molecule has 0 saturated carbocycles. The molecule has 2 aromatic rings. The molecule has 3 rings (SSSR count). The van der Waals surface area contributed by atoms with Gasteiger partial charge in [-0.15, -0.1) is 0 Å². The molecule has 0 amide bonds. The lowest BCUT2D eigenvalue weighted by Gasteiger charge is -2.32. The average molecular weight is 577 g/mol. The second-order valence-electron chi connectivity index (χ2n) is 9.47. The Hall–Kier alpha value is -1.93. The van der Waals surface area contributed by atoms with Gasteiger partial charge in [0.25, 0.3) is 0 Å². The summed E-state index contributed by atoms with van der Waals surface area (Å²) < 4.78 is 118. The fourth-order valence-electron chi connectivity index (χ4n) is 3.14. The molecular weight excluding hydrogens is 551 g/mol. The number of benzene rings is 2. The zero-order valence-electron chi connectivity index (χ0n) is 20.9. The van der Waals surface area contributed by atoms with Gasteiger partial charge in [0.1, 0.15) is 24.8 Å². The summed E-state index contributed by atoms with van der Waals surface area (Å²) in [5.74, 6) is -1.18. The van der Waals surface area contributed by atoms with Crippen LogP contribution in [0.2, 0.25) is 5.02 Å². The molecule has 212 valence electrons. The molecule has 38 heavy (non-hydrogen) atoms. The third kappa shape index (κ3) is 10.7. The van der Waals surface area contributed by atoms with Crippen LogP contribution in [0.3, 0.4) is 0 Å². The van der Waals surface area contributed by atoms with E-state index in [1.165, 1.54) is 18.2 Å². The SMILES string of the molecule is CC1(C)OB(c2cc(F)cc(COCC(F)(F)F)c2)OC1(C)C.Fc1cc(Cl)cc(COCC(F)(F)F)c1. The van der Waals surface area contributed by atoms with E-state index in [1.54, 1.807) is 0 Å². The maximum absolute atomic E-state index is 13.7. The highest BCUT2D eigenvalue weighted by molar-refractivity contribution is 6.62. The van der Waals surface area contributed by atoms with Crippen molar-refractivity contribution in [3.05, 3.63) is 64.2 Å². The van der Waals surface area contributed by atoms with Gasteiger partial charge in [-0.2, -0.15) is 26.3 Å². The van der Waals surface area contributed by atoms with Crippen LogP contribution in [0.25, 0.3) is 0 Å². The largest absolute Gasteiger partial charge is 0.494 e. The van der Waals surface area contributed by atoms with Crippen LogP contribution >= 0.6 is 11.6 Å². The first-order valence-electron chi connectivity index (χ1n) is 11.2. The predicted molar refractivity (Wildman–Crippen MR) is 125 cm³/mol. The molecule has 0 bridgehead atoms. The van der Waals surface area contributed by atoms with Crippen LogP contribution in [0.4, 0.5) is 35.1 Å². The molecule has 1 aliphatic heterocycles. The fourth-order valence-corrected chi connectivity index (χ4v) is 3.38. The minimum absolute atomic E-state index is 0.126. The average Bonchev–Trinajstić information content (AvgIpc) is 2.93. The molecule has 2 aromatic carbocycles. The van der Waals surface area contributed by atoms with E-state index < -0.39 is 55.5 Å². The Morgan fingerprint density at radius 1 is 0.711 bits per heavy atom. The first-order valence-corrected chi connectivity index (χ1v) is 11.5. The van der Waals surface area contributed by atoms with Crippen molar-refractivity contribution < 1.29 is 53.9 Å². The molecule has 1 saturated heterocycles. The molecule has 0 spiro atoms. The molecule has 0 radical (unpaired) electrons. The van der Waals surface area contributed by atoms with Crippen LogP contribution < -0.4 is 5.46 Å². The van der Waals surface area contributed by atoms with E-state index in [4.69, 9.17) is 20.9 Å². The lowest BCUT2D eigenvalue weighted by molar-refractivity contribution is -0.177. The number of hydrogen-bond acceptors (Lipinski definition) is 4. The molecule has 0 aliphatic carbocycles. The van der Waals surface area contributed by atoms with Gasteiger partial charge in [-0.05, 0) is 74.6 Å². The Morgan fingerprint density at radius 2 is 1.13 bits per heavy atom. The maximum atomic E-state index is 13.7. The minimum Gasteiger partial charge on any atom is -0.399 e. The summed E-state index contributed by atoms with van der Waals surface area (Å²) in [5.41, 5.74) is -0.203. The van der Waals surface area contributed by atoms with Crippen LogP contribution in [0.1, 0.15) is 38.8 Å². The summed E-state index contributed by atoms with van der Waals surface area (Å²) in [5, 5.41) is 0.126. The molecular formula is C24H26BClF8O4. The Morgan fingerprint density at radius 3 is 1.55 bits per heavy atom. The van der Waals surface area contributed by atoms with Crippen molar-refractivity contribution in [2.45, 2.75) is 64.5 Å². The molecule has 0 N–H and O–H groups in total. The summed E-state index contributed by atoms with van der Waals surface area (Å²) in [6, 6.07) is 7.39. The van der Waals surface area contributed by atoms with E-state index in [0.29, 0.717) is 11.0 Å². The normalized spacial score (nSPS) is 16.8. The monoisotopic (exact) mass is 576 g/mol. The summed E-state index contributed by atoms with van der Waals surface area (Å²) in [7, 11) is -0.780. The van der Waals surface area contributed by atoms with E-state index >= 15 is 0 Å². The van der Waals surface area contributed by atoms with Crippen LogP contribution in [0.15, 0.2) is 36.4 Å². The lowest BCUT2D eigenvalue weighted by Crippen LogP contribution is -2.41. The highest BCUT2D eigenvalue weighted by Gasteiger charge is 2.51. The van der Waals surface area contributed by atoms with Gasteiger partial charge in [-0.3, -0.25) is 0 Å². The van der Waals surface area contributed by atoms with Gasteiger partial charge in [0, 0.05) is 5.02 Å². The van der Waals surface area contributed by atoms with Crippen molar-refractivity contribution in [3.63, 3.8) is 0 Å². The van der Waals surface area contributed by atoms with Crippen LogP contribution in [0, 0.1) is 11.6 Å². The Labute approximate surface area is 220 Å². The van der Waals surface area contributed by atoms with Crippen molar-refractivity contribution >= 4 is 24.2 Å². The van der Waals surface area contributed by atoms with Gasteiger partial charge in [-0.1, -0.05) is 17.7 Å². The molecule has 4 nitrogen and oxygen atoms in total. The molecule has 14 heteroatoms. The summed E-state index contributed by atoms with van der Waals surface area (Å²) in [6.45, 7) is 4.04. The Kier molecular flexibility index (Phi) is 10.6. The topological polar surface area (TPSA) is 36.9 Å². The van der Waals surface area contributed by atoms with E-state index in [0.717, 1.165) is 18.2 Å². The number of rotatable bonds is 7. The smallest absolute Gasteiger partial charge is 0.399 e. The van der Waals surface area contributed by atoms with Gasteiger partial charge in [0.05, 0.1) is 24.4 Å². The quantitative estimate of drug-likeness (QED) is 0.270. The Balaban J connectivity index is 0.000000293. The van der Waals surface area contributed by atoms with E-state index in [1.807, 2.05) is 27.7 Å². The molecule has 1 heterocycles. The third-order valence-electron chi connectivity index (χ3n) is 5.50. The highest BCUT2D eigenvalue weighted by Crippen LogP contribution is 2.36. The van der Waals surface area contributed by atoms with Crippen molar-refractivity contribution in [3.8, 4) is 0 Å². The van der Waals surface area contributed by atoms with Gasteiger partial charge in [-0.25, -0.2) is 8.78 Å². The second kappa shape index (κ2) is 12.5. The zero-order valence-corrected chi connectivity index (χ0v) is 21.7. The summed E-state index contributed by atoms with van der Waals surface area (Å²) in [6.07, 6.45) is -8.79.